The number of carboxylic acids is 1. The number of aryl methyl sites for hydroxylation is 2. The van der Waals surface area contributed by atoms with Gasteiger partial charge in [-0.2, -0.15) is 0 Å². The number of carboxylic acid groups (broad SMARTS) is 1. The minimum Gasteiger partial charge on any atom is -0.481 e. The Morgan fingerprint density at radius 1 is 0.974 bits per heavy atom. The van der Waals surface area contributed by atoms with Crippen molar-refractivity contribution in [2.24, 2.45) is 0 Å². The van der Waals surface area contributed by atoms with Crippen LogP contribution in [0, 0.1) is 12.7 Å². The van der Waals surface area contributed by atoms with E-state index < -0.39 is 35.6 Å². The molecule has 1 unspecified atom stereocenters. The molecule has 1 fully saturated rings. The molecule has 1 aromatic heterocycles. The van der Waals surface area contributed by atoms with E-state index >= 15 is 8.78 Å². The van der Waals surface area contributed by atoms with Crippen molar-refractivity contribution in [2.75, 3.05) is 0 Å². The summed E-state index contributed by atoms with van der Waals surface area (Å²) in [4.78, 5) is 11.6. The molecule has 5 nitrogen and oxygen atoms in total. The van der Waals surface area contributed by atoms with Crippen molar-refractivity contribution in [1.82, 2.24) is 5.16 Å². The van der Waals surface area contributed by atoms with Crippen LogP contribution >= 0.6 is 0 Å². The molecule has 3 aromatic carbocycles. The number of nitrogens with zero attached hydrogens (tertiary/aromatic N) is 1. The van der Waals surface area contributed by atoms with Crippen molar-refractivity contribution in [3.63, 3.8) is 0 Å². The summed E-state index contributed by atoms with van der Waals surface area (Å²) in [5, 5.41) is 24.0. The van der Waals surface area contributed by atoms with Crippen LogP contribution < -0.4 is 0 Å². The Balaban J connectivity index is 1.34. The van der Waals surface area contributed by atoms with Crippen molar-refractivity contribution in [3.8, 4) is 22.5 Å². The monoisotopic (exact) mass is 521 g/mol. The molecule has 5 rings (SSSR count). The third-order valence-electron chi connectivity index (χ3n) is 7.32. The summed E-state index contributed by atoms with van der Waals surface area (Å²) in [5.41, 5.74) is 2.85. The third kappa shape index (κ3) is 4.84. The van der Waals surface area contributed by atoms with Crippen LogP contribution in [-0.2, 0) is 16.6 Å². The third-order valence-corrected chi connectivity index (χ3v) is 7.32. The van der Waals surface area contributed by atoms with Gasteiger partial charge in [-0.3, -0.25) is 4.79 Å². The van der Waals surface area contributed by atoms with Gasteiger partial charge < -0.3 is 14.7 Å². The van der Waals surface area contributed by atoms with Gasteiger partial charge in [0.25, 0.3) is 5.92 Å². The first-order chi connectivity index (χ1) is 18.1. The van der Waals surface area contributed by atoms with Crippen LogP contribution in [0.2, 0.25) is 0 Å². The Labute approximate surface area is 217 Å². The molecule has 1 heterocycles. The van der Waals surface area contributed by atoms with E-state index in [0.29, 0.717) is 24.0 Å². The minimum atomic E-state index is -3.48. The van der Waals surface area contributed by atoms with Gasteiger partial charge in [0.05, 0.1) is 16.7 Å². The number of rotatable bonds is 9. The average Bonchev–Trinajstić information content (AvgIpc) is 3.65. The van der Waals surface area contributed by atoms with Gasteiger partial charge in [-0.05, 0) is 60.6 Å². The lowest BCUT2D eigenvalue weighted by atomic mass is 9.92. The van der Waals surface area contributed by atoms with Gasteiger partial charge >= 0.3 is 5.97 Å². The second kappa shape index (κ2) is 9.76. The second-order valence-electron chi connectivity index (χ2n) is 9.84. The lowest BCUT2D eigenvalue weighted by Crippen LogP contribution is -2.27. The SMILES string of the molecule is Cc1noc(-c2ccc(-c3ccc(C4(C(=O)O)CC4)cc3)cc2)c1C(O)C(F)(F)CCc1ccc(F)cc1. The molecular weight excluding hydrogens is 495 g/mol. The largest absolute Gasteiger partial charge is 0.481 e. The summed E-state index contributed by atoms with van der Waals surface area (Å²) in [7, 11) is 0. The molecule has 2 N–H and O–H groups in total. The second-order valence-corrected chi connectivity index (χ2v) is 9.84. The van der Waals surface area contributed by atoms with E-state index in [9.17, 15) is 19.4 Å². The highest BCUT2D eigenvalue weighted by atomic mass is 19.3. The van der Waals surface area contributed by atoms with Crippen molar-refractivity contribution in [2.45, 2.75) is 50.0 Å². The van der Waals surface area contributed by atoms with Crippen LogP contribution in [0.4, 0.5) is 13.2 Å². The molecule has 8 heteroatoms. The number of aliphatic hydroxyl groups is 1. The first-order valence-electron chi connectivity index (χ1n) is 12.3. The molecule has 1 aliphatic rings. The number of hydrogen-bond acceptors (Lipinski definition) is 4. The van der Waals surface area contributed by atoms with Gasteiger partial charge in [0, 0.05) is 12.0 Å². The van der Waals surface area contributed by atoms with Crippen LogP contribution in [0.3, 0.4) is 0 Å². The number of aromatic nitrogens is 1. The first-order valence-corrected chi connectivity index (χ1v) is 12.3. The highest BCUT2D eigenvalue weighted by Gasteiger charge is 2.51. The lowest BCUT2D eigenvalue weighted by molar-refractivity contribution is -0.140. The quantitative estimate of drug-likeness (QED) is 0.251. The number of halogens is 3. The van der Waals surface area contributed by atoms with Gasteiger partial charge in [-0.1, -0.05) is 65.8 Å². The Morgan fingerprint density at radius 2 is 1.53 bits per heavy atom. The minimum absolute atomic E-state index is 0.0366. The van der Waals surface area contributed by atoms with E-state index in [4.69, 9.17) is 4.52 Å². The summed E-state index contributed by atoms with van der Waals surface area (Å²) >= 11 is 0. The highest BCUT2D eigenvalue weighted by molar-refractivity contribution is 5.85. The maximum atomic E-state index is 15.0. The van der Waals surface area contributed by atoms with Crippen LogP contribution in [0.1, 0.15) is 47.8 Å². The summed E-state index contributed by atoms with van der Waals surface area (Å²) < 4.78 is 48.6. The molecule has 0 saturated heterocycles. The highest BCUT2D eigenvalue weighted by Crippen LogP contribution is 2.48. The molecule has 0 spiro atoms. The number of alkyl halides is 2. The summed E-state index contributed by atoms with van der Waals surface area (Å²) in [6.45, 7) is 1.50. The van der Waals surface area contributed by atoms with Gasteiger partial charge in [0.15, 0.2) is 5.76 Å². The Bertz CT molecular complexity index is 1440. The average molecular weight is 522 g/mol. The Kier molecular flexibility index (Phi) is 6.61. The maximum Gasteiger partial charge on any atom is 0.314 e. The number of aliphatic carboxylic acids is 1. The van der Waals surface area contributed by atoms with Crippen molar-refractivity contribution >= 4 is 5.97 Å². The van der Waals surface area contributed by atoms with E-state index in [1.54, 1.807) is 24.3 Å². The Morgan fingerprint density at radius 3 is 2.08 bits per heavy atom. The molecule has 0 radical (unpaired) electrons. The number of benzene rings is 3. The van der Waals surface area contributed by atoms with E-state index in [0.717, 1.165) is 16.7 Å². The van der Waals surface area contributed by atoms with Gasteiger partial charge in [-0.25, -0.2) is 13.2 Å². The molecular formula is C30H26F3NO4. The normalized spacial score (nSPS) is 15.3. The fourth-order valence-corrected chi connectivity index (χ4v) is 4.76. The molecule has 1 aliphatic carbocycles. The van der Waals surface area contributed by atoms with E-state index in [1.165, 1.54) is 31.2 Å². The van der Waals surface area contributed by atoms with Crippen LogP contribution in [-0.4, -0.2) is 27.3 Å². The molecule has 1 saturated carbocycles. The van der Waals surface area contributed by atoms with Gasteiger partial charge in [0.1, 0.15) is 11.9 Å². The first kappa shape index (κ1) is 25.7. The number of aliphatic hydroxyl groups excluding tert-OH is 1. The molecule has 4 aromatic rings. The molecule has 0 aliphatic heterocycles. The van der Waals surface area contributed by atoms with Gasteiger partial charge in [-0.15, -0.1) is 0 Å². The van der Waals surface area contributed by atoms with Gasteiger partial charge in [0.2, 0.25) is 0 Å². The molecule has 0 amide bonds. The number of hydrogen-bond donors (Lipinski definition) is 2. The summed E-state index contributed by atoms with van der Waals surface area (Å²) in [6, 6.07) is 19.7. The molecule has 38 heavy (non-hydrogen) atoms. The predicted octanol–water partition coefficient (Wildman–Crippen LogP) is 6.87. The van der Waals surface area contributed by atoms with Crippen molar-refractivity contribution in [3.05, 3.63) is 101 Å². The fourth-order valence-electron chi connectivity index (χ4n) is 4.76. The zero-order valence-corrected chi connectivity index (χ0v) is 20.6. The fraction of sp³-hybridized carbons (Fsp3) is 0.267. The smallest absolute Gasteiger partial charge is 0.314 e. The van der Waals surface area contributed by atoms with E-state index in [-0.39, 0.29) is 23.4 Å². The van der Waals surface area contributed by atoms with Crippen LogP contribution in [0.25, 0.3) is 22.5 Å². The molecule has 1 atom stereocenters. The predicted molar refractivity (Wildman–Crippen MR) is 135 cm³/mol. The van der Waals surface area contributed by atoms with Crippen molar-refractivity contribution in [1.29, 1.82) is 0 Å². The van der Waals surface area contributed by atoms with E-state index in [2.05, 4.69) is 5.16 Å². The standard InChI is InChI=1S/C30H26F3NO4/c1-18-25(27(35)30(32,33)15-14-19-2-12-24(31)13-3-19)26(38-34-18)22-6-4-20(5-7-22)21-8-10-23(11-9-21)29(16-17-29)28(36)37/h2-13,27,35H,14-17H2,1H3,(H,36,37). The van der Waals surface area contributed by atoms with E-state index in [1.807, 2.05) is 24.3 Å². The molecule has 196 valence electrons. The summed E-state index contributed by atoms with van der Waals surface area (Å²) in [5.74, 6) is -4.67. The number of carbonyl (C=O) groups is 1. The Hall–Kier alpha value is -3.91. The zero-order chi connectivity index (χ0) is 27.1. The van der Waals surface area contributed by atoms with Crippen LogP contribution in [0.15, 0.2) is 77.3 Å². The maximum absolute atomic E-state index is 15.0. The van der Waals surface area contributed by atoms with Crippen molar-refractivity contribution < 1.29 is 32.7 Å². The topological polar surface area (TPSA) is 83.6 Å². The lowest BCUT2D eigenvalue weighted by Gasteiger charge is -2.23. The molecule has 0 bridgehead atoms. The van der Waals surface area contributed by atoms with Crippen LogP contribution in [0.5, 0.6) is 0 Å². The summed E-state index contributed by atoms with van der Waals surface area (Å²) in [6.07, 6.45) is -1.55. The zero-order valence-electron chi connectivity index (χ0n) is 20.6.